The van der Waals surface area contributed by atoms with Crippen molar-refractivity contribution in [3.8, 4) is 5.75 Å². The third-order valence-corrected chi connectivity index (χ3v) is 3.13. The molecule has 0 radical (unpaired) electrons. The van der Waals surface area contributed by atoms with Gasteiger partial charge in [-0.3, -0.25) is 0 Å². The Morgan fingerprint density at radius 2 is 1.63 bits per heavy atom. The van der Waals surface area contributed by atoms with E-state index in [1.807, 2.05) is 36.4 Å². The van der Waals surface area contributed by atoms with Crippen LogP contribution >= 0.6 is 0 Å². The Balaban J connectivity index is 1.86. The van der Waals surface area contributed by atoms with Crippen LogP contribution in [0, 0.1) is 0 Å². The number of hydrogen-bond donors (Lipinski definition) is 1. The molecule has 0 saturated heterocycles. The van der Waals surface area contributed by atoms with Crippen molar-refractivity contribution in [1.82, 2.24) is 0 Å². The molecule has 19 heavy (non-hydrogen) atoms. The zero-order chi connectivity index (χ0) is 13.1. The van der Waals surface area contributed by atoms with Gasteiger partial charge in [-0.05, 0) is 28.5 Å². The molecule has 0 spiro atoms. The van der Waals surface area contributed by atoms with Gasteiger partial charge < -0.3 is 10.5 Å². The second kappa shape index (κ2) is 5.02. The average molecular weight is 249 g/mol. The molecule has 0 aliphatic carbocycles. The lowest BCUT2D eigenvalue weighted by Crippen LogP contribution is -1.97. The van der Waals surface area contributed by atoms with Gasteiger partial charge in [-0.25, -0.2) is 0 Å². The van der Waals surface area contributed by atoms with Crippen LogP contribution in [0.4, 0.5) is 5.69 Å². The number of nitrogen functional groups attached to an aromatic ring is 1. The summed E-state index contributed by atoms with van der Waals surface area (Å²) >= 11 is 0. The first-order valence-corrected chi connectivity index (χ1v) is 6.28. The summed E-state index contributed by atoms with van der Waals surface area (Å²) in [4.78, 5) is 0. The molecule has 2 nitrogen and oxygen atoms in total. The van der Waals surface area contributed by atoms with E-state index in [4.69, 9.17) is 10.5 Å². The molecule has 0 fully saturated rings. The summed E-state index contributed by atoms with van der Waals surface area (Å²) in [6.45, 7) is 0.546. The molecule has 94 valence electrons. The summed E-state index contributed by atoms with van der Waals surface area (Å²) in [5.41, 5.74) is 7.64. The number of hydrogen-bond acceptors (Lipinski definition) is 2. The number of fused-ring (bicyclic) bond motifs is 1. The third kappa shape index (κ3) is 2.52. The molecule has 0 bridgehead atoms. The van der Waals surface area contributed by atoms with Gasteiger partial charge >= 0.3 is 0 Å². The van der Waals surface area contributed by atoms with Crippen molar-refractivity contribution in [2.75, 3.05) is 5.73 Å². The molecular formula is C17H15NO. The fourth-order valence-corrected chi connectivity index (χ4v) is 2.18. The second-order valence-electron chi connectivity index (χ2n) is 4.50. The van der Waals surface area contributed by atoms with Gasteiger partial charge in [0.25, 0.3) is 0 Å². The number of anilines is 1. The van der Waals surface area contributed by atoms with Crippen LogP contribution in [0.3, 0.4) is 0 Å². The number of rotatable bonds is 3. The quantitative estimate of drug-likeness (QED) is 0.712. The molecule has 2 N–H and O–H groups in total. The van der Waals surface area contributed by atoms with Crippen LogP contribution in [-0.4, -0.2) is 0 Å². The van der Waals surface area contributed by atoms with Crippen molar-refractivity contribution in [3.05, 3.63) is 72.3 Å². The van der Waals surface area contributed by atoms with Gasteiger partial charge in [0.05, 0.1) is 0 Å². The van der Waals surface area contributed by atoms with Crippen LogP contribution in [-0.2, 0) is 6.61 Å². The highest BCUT2D eigenvalue weighted by Gasteiger charge is 2.01. The van der Waals surface area contributed by atoms with E-state index in [-0.39, 0.29) is 0 Å². The largest absolute Gasteiger partial charge is 0.489 e. The normalized spacial score (nSPS) is 10.5. The Bertz CT molecular complexity index is 701. The summed E-state index contributed by atoms with van der Waals surface area (Å²) in [5.74, 6) is 0.799. The van der Waals surface area contributed by atoms with Gasteiger partial charge in [0.1, 0.15) is 12.4 Å². The molecule has 3 aromatic carbocycles. The van der Waals surface area contributed by atoms with Gasteiger partial charge in [-0.2, -0.15) is 0 Å². The standard InChI is InChI=1S/C17H15NO/c18-15-8-4-9-16(11-15)19-12-14-7-3-6-13-5-1-2-10-17(13)14/h1-11H,12,18H2. The monoisotopic (exact) mass is 249 g/mol. The van der Waals surface area contributed by atoms with Crippen LogP contribution in [0.25, 0.3) is 10.8 Å². The first-order valence-electron chi connectivity index (χ1n) is 6.28. The Morgan fingerprint density at radius 3 is 2.53 bits per heavy atom. The van der Waals surface area contributed by atoms with E-state index in [1.54, 1.807) is 0 Å². The van der Waals surface area contributed by atoms with Crippen molar-refractivity contribution < 1.29 is 4.74 Å². The number of nitrogens with two attached hydrogens (primary N) is 1. The van der Waals surface area contributed by atoms with Gasteiger partial charge in [0.2, 0.25) is 0 Å². The molecule has 0 saturated carbocycles. The zero-order valence-electron chi connectivity index (χ0n) is 10.5. The van der Waals surface area contributed by atoms with Crippen LogP contribution in [0.2, 0.25) is 0 Å². The number of ether oxygens (including phenoxy) is 1. The van der Waals surface area contributed by atoms with Crippen molar-refractivity contribution in [1.29, 1.82) is 0 Å². The lowest BCUT2D eigenvalue weighted by Gasteiger charge is -2.09. The molecule has 3 aromatic rings. The minimum Gasteiger partial charge on any atom is -0.489 e. The van der Waals surface area contributed by atoms with Gasteiger partial charge in [0.15, 0.2) is 0 Å². The van der Waals surface area contributed by atoms with E-state index in [0.29, 0.717) is 6.61 Å². The molecular weight excluding hydrogens is 234 g/mol. The molecule has 0 aromatic heterocycles. The Kier molecular flexibility index (Phi) is 3.07. The second-order valence-corrected chi connectivity index (χ2v) is 4.50. The van der Waals surface area contributed by atoms with E-state index < -0.39 is 0 Å². The highest BCUT2D eigenvalue weighted by molar-refractivity contribution is 5.85. The lowest BCUT2D eigenvalue weighted by molar-refractivity contribution is 0.308. The maximum Gasteiger partial charge on any atom is 0.121 e. The minimum atomic E-state index is 0.546. The third-order valence-electron chi connectivity index (χ3n) is 3.13. The fraction of sp³-hybridized carbons (Fsp3) is 0.0588. The molecule has 0 heterocycles. The van der Waals surface area contributed by atoms with Crippen molar-refractivity contribution in [2.24, 2.45) is 0 Å². The SMILES string of the molecule is Nc1cccc(OCc2cccc3ccccc23)c1. The lowest BCUT2D eigenvalue weighted by atomic mass is 10.1. The van der Waals surface area contributed by atoms with Crippen molar-refractivity contribution in [2.45, 2.75) is 6.61 Å². The van der Waals surface area contributed by atoms with E-state index >= 15 is 0 Å². The summed E-state index contributed by atoms with van der Waals surface area (Å²) in [5, 5.41) is 2.46. The molecule has 0 aliphatic rings. The minimum absolute atomic E-state index is 0.546. The first kappa shape index (κ1) is 11.6. The maximum absolute atomic E-state index is 5.80. The molecule has 0 unspecified atom stereocenters. The number of benzene rings is 3. The van der Waals surface area contributed by atoms with Gasteiger partial charge in [0, 0.05) is 11.8 Å². The Labute approximate surface area is 112 Å². The summed E-state index contributed by atoms with van der Waals surface area (Å²) in [6.07, 6.45) is 0. The predicted octanol–water partition coefficient (Wildman–Crippen LogP) is 4.00. The summed E-state index contributed by atoms with van der Waals surface area (Å²) in [6, 6.07) is 22.1. The van der Waals surface area contributed by atoms with E-state index in [0.717, 1.165) is 11.4 Å². The zero-order valence-corrected chi connectivity index (χ0v) is 10.5. The molecule has 2 heteroatoms. The van der Waals surface area contributed by atoms with E-state index in [1.165, 1.54) is 16.3 Å². The van der Waals surface area contributed by atoms with E-state index in [9.17, 15) is 0 Å². The highest BCUT2D eigenvalue weighted by atomic mass is 16.5. The molecule has 0 atom stereocenters. The Morgan fingerprint density at radius 1 is 0.842 bits per heavy atom. The predicted molar refractivity (Wildman–Crippen MR) is 79.1 cm³/mol. The van der Waals surface area contributed by atoms with Gasteiger partial charge in [-0.1, -0.05) is 48.5 Å². The van der Waals surface area contributed by atoms with Crippen molar-refractivity contribution >= 4 is 16.5 Å². The Hall–Kier alpha value is -2.48. The summed E-state index contributed by atoms with van der Waals surface area (Å²) < 4.78 is 5.80. The smallest absolute Gasteiger partial charge is 0.121 e. The van der Waals surface area contributed by atoms with Crippen LogP contribution in [0.15, 0.2) is 66.7 Å². The molecule has 0 aliphatic heterocycles. The van der Waals surface area contributed by atoms with E-state index in [2.05, 4.69) is 30.3 Å². The molecule has 0 amide bonds. The highest BCUT2D eigenvalue weighted by Crippen LogP contribution is 2.21. The van der Waals surface area contributed by atoms with Crippen LogP contribution < -0.4 is 10.5 Å². The fourth-order valence-electron chi connectivity index (χ4n) is 2.18. The average Bonchev–Trinajstić information content (AvgIpc) is 2.45. The van der Waals surface area contributed by atoms with Crippen LogP contribution in [0.5, 0.6) is 5.75 Å². The summed E-state index contributed by atoms with van der Waals surface area (Å²) in [7, 11) is 0. The van der Waals surface area contributed by atoms with Crippen molar-refractivity contribution in [3.63, 3.8) is 0 Å². The first-order chi connectivity index (χ1) is 9.33. The van der Waals surface area contributed by atoms with Gasteiger partial charge in [-0.15, -0.1) is 0 Å². The topological polar surface area (TPSA) is 35.2 Å². The maximum atomic E-state index is 5.80. The molecule has 3 rings (SSSR count). The van der Waals surface area contributed by atoms with Crippen LogP contribution in [0.1, 0.15) is 5.56 Å².